The molecule has 0 spiro atoms. The molecule has 0 aliphatic carbocycles. The highest BCUT2D eigenvalue weighted by molar-refractivity contribution is 5.83. The molecule has 0 aromatic heterocycles. The number of nitrogens with zero attached hydrogens (tertiary/aromatic N) is 2. The maximum absolute atomic E-state index is 12.8. The molecule has 3 rings (SSSR count). The molecule has 0 radical (unpaired) electrons. The van der Waals surface area contributed by atoms with Gasteiger partial charge < -0.3 is 5.53 Å². The lowest BCUT2D eigenvalue weighted by molar-refractivity contribution is -0.345. The minimum absolute atomic E-state index is 0.939. The van der Waals surface area contributed by atoms with Crippen molar-refractivity contribution in [2.24, 2.45) is 0 Å². The maximum atomic E-state index is 12.8. The predicted molar refractivity (Wildman–Crippen MR) is 240 cm³/mol. The first-order valence-corrected chi connectivity index (χ1v) is 23.7. The van der Waals surface area contributed by atoms with Crippen LogP contribution in [0.2, 0.25) is 0 Å². The number of benzene rings is 2. The third kappa shape index (κ3) is 13.3. The normalized spacial score (nSPS) is 13.3. The first-order valence-electron chi connectivity index (χ1n) is 23.7. The third-order valence-electron chi connectivity index (χ3n) is 12.2. The maximum Gasteiger partial charge on any atom is 0.211 e. The van der Waals surface area contributed by atoms with Crippen molar-refractivity contribution in [2.75, 3.05) is 0 Å². The van der Waals surface area contributed by atoms with Crippen molar-refractivity contribution >= 4 is 11.4 Å². The van der Waals surface area contributed by atoms with Crippen LogP contribution in [0.4, 0.5) is 0 Å². The molecular formula is C52H84N2. The molecule has 0 saturated carbocycles. The van der Waals surface area contributed by atoms with Crippen molar-refractivity contribution in [1.29, 1.82) is 0 Å². The van der Waals surface area contributed by atoms with Crippen LogP contribution in [0.15, 0.2) is 35.4 Å². The molecule has 0 saturated heterocycles. The molecule has 2 aromatic carbocycles. The predicted octanol–water partition coefficient (Wildman–Crippen LogP) is 16.9. The van der Waals surface area contributed by atoms with Gasteiger partial charge in [0.2, 0.25) is 11.4 Å². The van der Waals surface area contributed by atoms with Crippen molar-refractivity contribution in [3.05, 3.63) is 85.5 Å². The van der Waals surface area contributed by atoms with Gasteiger partial charge in [0.15, 0.2) is 0 Å². The summed E-state index contributed by atoms with van der Waals surface area (Å²) in [7, 11) is 0. The van der Waals surface area contributed by atoms with E-state index in [-0.39, 0.29) is 0 Å². The Balaban J connectivity index is 2.30. The summed E-state index contributed by atoms with van der Waals surface area (Å²) in [5.74, 6) is 0. The number of hydrogen-bond donors (Lipinski definition) is 0. The van der Waals surface area contributed by atoms with Crippen LogP contribution in [0.1, 0.15) is 241 Å². The monoisotopic (exact) mass is 737 g/mol. The zero-order chi connectivity index (χ0) is 39.1. The summed E-state index contributed by atoms with van der Waals surface area (Å²) < 4.78 is 1.70. The van der Waals surface area contributed by atoms with E-state index < -0.39 is 0 Å². The van der Waals surface area contributed by atoms with Gasteiger partial charge in [-0.1, -0.05) is 139 Å². The van der Waals surface area contributed by atoms with Gasteiger partial charge in [-0.2, -0.15) is 0 Å². The Morgan fingerprint density at radius 3 is 1.00 bits per heavy atom. The van der Waals surface area contributed by atoms with Crippen LogP contribution in [0.5, 0.6) is 0 Å². The molecule has 1 heterocycles. The van der Waals surface area contributed by atoms with Crippen LogP contribution in [-0.2, 0) is 38.5 Å². The largest absolute Gasteiger partial charge is 0.493 e. The molecule has 0 bridgehead atoms. The average Bonchev–Trinajstić information content (AvgIpc) is 3.46. The van der Waals surface area contributed by atoms with Gasteiger partial charge in [0.25, 0.3) is 0 Å². The standard InChI is InChI=1S/C52H84N2/c1-9-17-24-29-36-50-47(16-8)51(45-37-41(30-25-18-10-2)48(34-22-14-6)42(38-45)31-26-19-11-3)54(53)52(50)46-39-43(32-27-20-12-4)49(35-23-15-7)44(40-46)33-28-21-13-5/h37-40H,9-36H2,1-8H3. The van der Waals surface area contributed by atoms with E-state index in [9.17, 15) is 5.53 Å². The Kier molecular flexibility index (Phi) is 22.4. The summed E-state index contributed by atoms with van der Waals surface area (Å²) in [6.45, 7) is 18.6. The van der Waals surface area contributed by atoms with E-state index in [4.69, 9.17) is 0 Å². The molecule has 1 aliphatic rings. The minimum Gasteiger partial charge on any atom is -0.493 e. The molecule has 2 aromatic rings. The molecule has 0 unspecified atom stereocenters. The van der Waals surface area contributed by atoms with Crippen molar-refractivity contribution < 1.29 is 4.70 Å². The summed E-state index contributed by atoms with van der Waals surface area (Å²) >= 11 is 0. The van der Waals surface area contributed by atoms with E-state index in [0.29, 0.717) is 0 Å². The Labute approximate surface area is 335 Å². The molecule has 0 fully saturated rings. The van der Waals surface area contributed by atoms with Gasteiger partial charge in [0.1, 0.15) is 0 Å². The lowest BCUT2D eigenvalue weighted by atomic mass is 9.86. The van der Waals surface area contributed by atoms with E-state index >= 15 is 0 Å². The molecule has 0 N–H and O–H groups in total. The third-order valence-corrected chi connectivity index (χ3v) is 12.2. The van der Waals surface area contributed by atoms with Gasteiger partial charge in [-0.15, -0.1) is 0 Å². The highest BCUT2D eigenvalue weighted by atomic mass is 15.2. The second kappa shape index (κ2) is 26.4. The Morgan fingerprint density at radius 1 is 0.352 bits per heavy atom. The first kappa shape index (κ1) is 45.9. The Bertz CT molecular complexity index is 1410. The lowest BCUT2D eigenvalue weighted by Crippen LogP contribution is -2.09. The van der Waals surface area contributed by atoms with Gasteiger partial charge in [0.05, 0.1) is 0 Å². The van der Waals surface area contributed by atoms with E-state index in [1.807, 2.05) is 0 Å². The van der Waals surface area contributed by atoms with Crippen LogP contribution < -0.4 is 0 Å². The Hall–Kier alpha value is -2.48. The minimum atomic E-state index is 0.939. The van der Waals surface area contributed by atoms with Crippen molar-refractivity contribution in [1.82, 2.24) is 0 Å². The second-order valence-corrected chi connectivity index (χ2v) is 16.7. The van der Waals surface area contributed by atoms with E-state index in [1.54, 1.807) is 38.1 Å². The van der Waals surface area contributed by atoms with E-state index in [2.05, 4.69) is 79.7 Å². The van der Waals surface area contributed by atoms with Crippen molar-refractivity contribution in [2.45, 2.75) is 235 Å². The van der Waals surface area contributed by atoms with Crippen molar-refractivity contribution in [3.8, 4) is 0 Å². The number of allylic oxidation sites excluding steroid dienone is 2. The zero-order valence-electron chi connectivity index (χ0n) is 37.0. The van der Waals surface area contributed by atoms with Gasteiger partial charge in [-0.05, 0) is 154 Å². The highest BCUT2D eigenvalue weighted by Gasteiger charge is 2.36. The highest BCUT2D eigenvalue weighted by Crippen LogP contribution is 2.45. The fraction of sp³-hybridized carbons (Fsp3) is 0.692. The summed E-state index contributed by atoms with van der Waals surface area (Å²) in [6.07, 6.45) is 33.9. The molecule has 2 nitrogen and oxygen atoms in total. The number of aryl methyl sites for hydroxylation is 4. The molecule has 54 heavy (non-hydrogen) atoms. The molecule has 0 atom stereocenters. The van der Waals surface area contributed by atoms with Crippen molar-refractivity contribution in [3.63, 3.8) is 0 Å². The number of unbranched alkanes of at least 4 members (excludes halogenated alkanes) is 13. The van der Waals surface area contributed by atoms with Gasteiger partial charge in [-0.3, -0.25) is 0 Å². The summed E-state index contributed by atoms with van der Waals surface area (Å²) in [5, 5.41) is 0. The zero-order valence-corrected chi connectivity index (χ0v) is 37.0. The SMILES string of the molecule is CCCCCCC1=C(c2cc(CCCCC)c(CCCC)c(CCCCC)c2)[N+](=[N-])C(c2cc(CCCCC)c(CCCC)c(CCCCC)c2)=C1CC. The summed E-state index contributed by atoms with van der Waals surface area (Å²) in [4.78, 5) is 0. The topological polar surface area (TPSA) is 25.3 Å². The van der Waals surface area contributed by atoms with Gasteiger partial charge in [-0.25, -0.2) is 4.70 Å². The van der Waals surface area contributed by atoms with Gasteiger partial charge >= 0.3 is 0 Å². The molecular weight excluding hydrogens is 653 g/mol. The average molecular weight is 737 g/mol. The lowest BCUT2D eigenvalue weighted by Gasteiger charge is -2.20. The van der Waals surface area contributed by atoms with Gasteiger partial charge in [0, 0.05) is 22.3 Å². The summed E-state index contributed by atoms with van der Waals surface area (Å²) in [6, 6.07) is 10.1. The summed E-state index contributed by atoms with van der Waals surface area (Å²) in [5.41, 5.74) is 29.7. The van der Waals surface area contributed by atoms with E-state index in [1.165, 1.54) is 164 Å². The molecule has 0 amide bonds. The second-order valence-electron chi connectivity index (χ2n) is 16.7. The first-order chi connectivity index (χ1) is 26.4. The Morgan fingerprint density at radius 2 is 0.667 bits per heavy atom. The van der Waals surface area contributed by atoms with E-state index in [0.717, 1.165) is 49.9 Å². The molecule has 2 heteroatoms. The number of hydrogen-bond acceptors (Lipinski definition) is 0. The fourth-order valence-corrected chi connectivity index (χ4v) is 9.00. The fourth-order valence-electron chi connectivity index (χ4n) is 9.00. The molecule has 302 valence electrons. The van der Waals surface area contributed by atoms with Crippen LogP contribution in [0.25, 0.3) is 16.9 Å². The molecule has 1 aliphatic heterocycles. The quantitative estimate of drug-likeness (QED) is 0.0564. The van der Waals surface area contributed by atoms with Crippen LogP contribution in [-0.4, -0.2) is 4.70 Å². The number of rotatable bonds is 30. The van der Waals surface area contributed by atoms with Crippen LogP contribution in [0, 0.1) is 0 Å². The van der Waals surface area contributed by atoms with Crippen LogP contribution in [0.3, 0.4) is 0 Å². The van der Waals surface area contributed by atoms with Crippen LogP contribution >= 0.6 is 0 Å². The smallest absolute Gasteiger partial charge is 0.211 e.